The van der Waals surface area contributed by atoms with Crippen molar-refractivity contribution in [3.05, 3.63) is 82.3 Å². The van der Waals surface area contributed by atoms with E-state index in [0.717, 1.165) is 25.1 Å². The van der Waals surface area contributed by atoms with E-state index in [-0.39, 0.29) is 5.91 Å². The number of nitrogens with one attached hydrogen (secondary N) is 2. The average molecular weight is 351 g/mol. The maximum Gasteiger partial charge on any atom is 0.253 e. The first-order valence-electron chi connectivity index (χ1n) is 8.35. The molecule has 0 spiro atoms. The van der Waals surface area contributed by atoms with Crippen LogP contribution in [0.15, 0.2) is 66.3 Å². The molecule has 2 aromatic heterocycles. The molecule has 3 rings (SSSR count). The van der Waals surface area contributed by atoms with Crippen LogP contribution in [0.1, 0.15) is 27.2 Å². The van der Waals surface area contributed by atoms with Crippen molar-refractivity contribution in [1.29, 1.82) is 0 Å². The van der Waals surface area contributed by atoms with E-state index >= 15 is 0 Å². The van der Waals surface area contributed by atoms with Crippen LogP contribution in [0, 0.1) is 0 Å². The molecule has 0 unspecified atom stereocenters. The van der Waals surface area contributed by atoms with Gasteiger partial charge in [0.15, 0.2) is 0 Å². The number of hydrogen-bond donors (Lipinski definition) is 2. The fraction of sp³-hybridized carbons (Fsp3) is 0.200. The number of anilines is 1. The summed E-state index contributed by atoms with van der Waals surface area (Å²) in [7, 11) is 0. The first-order valence-corrected chi connectivity index (χ1v) is 9.23. The number of hydrogen-bond acceptors (Lipinski definition) is 4. The Labute approximate surface area is 151 Å². The smallest absolute Gasteiger partial charge is 0.253 e. The molecule has 0 fully saturated rings. The Morgan fingerprint density at radius 1 is 1.08 bits per heavy atom. The van der Waals surface area contributed by atoms with Crippen molar-refractivity contribution < 1.29 is 4.79 Å². The Kier molecular flexibility index (Phi) is 6.17. The third-order valence-corrected chi connectivity index (χ3v) is 4.73. The molecule has 3 aromatic rings. The third-order valence-electron chi connectivity index (χ3n) is 3.86. The standard InChI is InChI=1S/C20H21N3OS/c24-20(22-12-4-7-16-6-3-11-21-14-16)18-9-1-2-10-19(18)23-15-17-8-5-13-25-17/h1-3,5-6,8-11,13-14,23H,4,7,12,15H2,(H,22,24). The molecular weight excluding hydrogens is 330 g/mol. The van der Waals surface area contributed by atoms with E-state index in [1.54, 1.807) is 17.5 Å². The molecule has 4 nitrogen and oxygen atoms in total. The van der Waals surface area contributed by atoms with Gasteiger partial charge >= 0.3 is 0 Å². The van der Waals surface area contributed by atoms with E-state index in [0.29, 0.717) is 12.1 Å². The predicted octanol–water partition coefficient (Wildman–Crippen LogP) is 4.12. The highest BCUT2D eigenvalue weighted by atomic mass is 32.1. The van der Waals surface area contributed by atoms with Gasteiger partial charge in [0.2, 0.25) is 0 Å². The second kappa shape index (κ2) is 8.99. The quantitative estimate of drug-likeness (QED) is 0.600. The first kappa shape index (κ1) is 17.2. The van der Waals surface area contributed by atoms with Crippen molar-refractivity contribution in [2.75, 3.05) is 11.9 Å². The van der Waals surface area contributed by atoms with Gasteiger partial charge in [-0.1, -0.05) is 24.3 Å². The van der Waals surface area contributed by atoms with Gasteiger partial charge in [-0.15, -0.1) is 11.3 Å². The number of carbonyl (C=O) groups excluding carboxylic acids is 1. The van der Waals surface area contributed by atoms with Crippen LogP contribution in [-0.2, 0) is 13.0 Å². The lowest BCUT2D eigenvalue weighted by Gasteiger charge is -2.11. The molecule has 0 aliphatic carbocycles. The summed E-state index contributed by atoms with van der Waals surface area (Å²) >= 11 is 1.70. The van der Waals surface area contributed by atoms with Crippen LogP contribution in [-0.4, -0.2) is 17.4 Å². The molecule has 128 valence electrons. The maximum absolute atomic E-state index is 12.5. The number of nitrogens with zero attached hydrogens (tertiary/aromatic N) is 1. The topological polar surface area (TPSA) is 54.0 Å². The molecule has 0 aliphatic heterocycles. The molecule has 0 atom stereocenters. The monoisotopic (exact) mass is 351 g/mol. The van der Waals surface area contributed by atoms with E-state index in [9.17, 15) is 4.79 Å². The van der Waals surface area contributed by atoms with E-state index in [1.165, 1.54) is 10.4 Å². The summed E-state index contributed by atoms with van der Waals surface area (Å²) < 4.78 is 0. The highest BCUT2D eigenvalue weighted by Gasteiger charge is 2.10. The molecule has 2 N–H and O–H groups in total. The lowest BCUT2D eigenvalue weighted by atomic mass is 10.1. The van der Waals surface area contributed by atoms with Crippen molar-refractivity contribution in [1.82, 2.24) is 10.3 Å². The first-order chi connectivity index (χ1) is 12.3. The molecule has 5 heteroatoms. The fourth-order valence-corrected chi connectivity index (χ4v) is 3.21. The Hall–Kier alpha value is -2.66. The second-order valence-corrected chi connectivity index (χ2v) is 6.73. The van der Waals surface area contributed by atoms with Gasteiger partial charge in [-0.2, -0.15) is 0 Å². The van der Waals surface area contributed by atoms with Gasteiger partial charge < -0.3 is 10.6 Å². The number of benzene rings is 1. The fourth-order valence-electron chi connectivity index (χ4n) is 2.57. The summed E-state index contributed by atoms with van der Waals surface area (Å²) in [5.41, 5.74) is 2.73. The number of pyridine rings is 1. The van der Waals surface area contributed by atoms with Gasteiger partial charge in [0, 0.05) is 36.0 Å². The van der Waals surface area contributed by atoms with Gasteiger partial charge in [-0.3, -0.25) is 9.78 Å². The summed E-state index contributed by atoms with van der Waals surface area (Å²) in [6, 6.07) is 15.7. The molecule has 25 heavy (non-hydrogen) atoms. The van der Waals surface area contributed by atoms with E-state index in [1.807, 2.05) is 42.6 Å². The number of amides is 1. The zero-order valence-corrected chi connectivity index (χ0v) is 14.8. The van der Waals surface area contributed by atoms with Crippen molar-refractivity contribution in [2.45, 2.75) is 19.4 Å². The third kappa shape index (κ3) is 5.16. The summed E-state index contributed by atoms with van der Waals surface area (Å²) in [6.45, 7) is 1.37. The van der Waals surface area contributed by atoms with Crippen LogP contribution in [0.5, 0.6) is 0 Å². The van der Waals surface area contributed by atoms with Crippen molar-refractivity contribution in [3.8, 4) is 0 Å². The zero-order valence-electron chi connectivity index (χ0n) is 13.9. The zero-order chi connectivity index (χ0) is 17.3. The molecule has 0 radical (unpaired) electrons. The minimum Gasteiger partial charge on any atom is -0.380 e. The number of thiophene rings is 1. The van der Waals surface area contributed by atoms with E-state index in [4.69, 9.17) is 0 Å². The number of aryl methyl sites for hydroxylation is 1. The van der Waals surface area contributed by atoms with Crippen LogP contribution in [0.4, 0.5) is 5.69 Å². The molecule has 0 saturated heterocycles. The summed E-state index contributed by atoms with van der Waals surface area (Å²) in [6.07, 6.45) is 5.44. The van der Waals surface area contributed by atoms with Gasteiger partial charge in [-0.05, 0) is 48.1 Å². The molecule has 1 aromatic carbocycles. The molecule has 1 amide bonds. The average Bonchev–Trinajstić information content (AvgIpc) is 3.18. The number of aromatic nitrogens is 1. The van der Waals surface area contributed by atoms with Crippen LogP contribution in [0.25, 0.3) is 0 Å². The van der Waals surface area contributed by atoms with Crippen LogP contribution in [0.3, 0.4) is 0 Å². The van der Waals surface area contributed by atoms with Crippen LogP contribution in [0.2, 0.25) is 0 Å². The van der Waals surface area contributed by atoms with Crippen LogP contribution >= 0.6 is 11.3 Å². The van der Waals surface area contributed by atoms with Gasteiger partial charge in [-0.25, -0.2) is 0 Å². The van der Waals surface area contributed by atoms with Gasteiger partial charge in [0.05, 0.1) is 5.56 Å². The molecule has 0 bridgehead atoms. The van der Waals surface area contributed by atoms with Gasteiger partial charge in [0.25, 0.3) is 5.91 Å². The number of carbonyl (C=O) groups is 1. The number of rotatable bonds is 8. The van der Waals surface area contributed by atoms with E-state index < -0.39 is 0 Å². The number of para-hydroxylation sites is 1. The minimum absolute atomic E-state index is 0.0412. The molecular formula is C20H21N3OS. The molecule has 2 heterocycles. The van der Waals surface area contributed by atoms with E-state index in [2.05, 4.69) is 33.1 Å². The highest BCUT2D eigenvalue weighted by molar-refractivity contribution is 7.09. The van der Waals surface area contributed by atoms with Crippen LogP contribution < -0.4 is 10.6 Å². The second-order valence-electron chi connectivity index (χ2n) is 5.70. The normalized spacial score (nSPS) is 10.4. The summed E-state index contributed by atoms with van der Waals surface area (Å²) in [4.78, 5) is 17.8. The lowest BCUT2D eigenvalue weighted by molar-refractivity contribution is 0.0954. The Morgan fingerprint density at radius 3 is 2.80 bits per heavy atom. The van der Waals surface area contributed by atoms with Crippen molar-refractivity contribution >= 4 is 22.9 Å². The van der Waals surface area contributed by atoms with Crippen molar-refractivity contribution in [2.24, 2.45) is 0 Å². The lowest BCUT2D eigenvalue weighted by Crippen LogP contribution is -2.25. The predicted molar refractivity (Wildman–Crippen MR) is 103 cm³/mol. The van der Waals surface area contributed by atoms with Crippen molar-refractivity contribution in [3.63, 3.8) is 0 Å². The highest BCUT2D eigenvalue weighted by Crippen LogP contribution is 2.17. The van der Waals surface area contributed by atoms with Gasteiger partial charge in [0.1, 0.15) is 0 Å². The Balaban J connectivity index is 1.51. The maximum atomic E-state index is 12.5. The largest absolute Gasteiger partial charge is 0.380 e. The Morgan fingerprint density at radius 2 is 2.00 bits per heavy atom. The summed E-state index contributed by atoms with van der Waals surface area (Å²) in [5, 5.41) is 8.41. The minimum atomic E-state index is -0.0412. The summed E-state index contributed by atoms with van der Waals surface area (Å²) in [5.74, 6) is -0.0412. The molecule has 0 aliphatic rings. The Bertz CT molecular complexity index is 788. The molecule has 0 saturated carbocycles. The SMILES string of the molecule is O=C(NCCCc1cccnc1)c1ccccc1NCc1cccs1.